The monoisotopic (exact) mass is 364 g/mol. The molecule has 0 spiro atoms. The van der Waals surface area contributed by atoms with Crippen molar-refractivity contribution in [1.82, 2.24) is 10.6 Å². The van der Waals surface area contributed by atoms with E-state index in [4.69, 9.17) is 4.99 Å². The van der Waals surface area contributed by atoms with Gasteiger partial charge in [-0.05, 0) is 43.5 Å². The summed E-state index contributed by atoms with van der Waals surface area (Å²) in [5.74, 6) is 1.02. The summed E-state index contributed by atoms with van der Waals surface area (Å²) in [5.41, 5.74) is 3.32. The van der Waals surface area contributed by atoms with Crippen LogP contribution in [0.15, 0.2) is 59.6 Å². The second-order valence-electron chi connectivity index (χ2n) is 6.79. The van der Waals surface area contributed by atoms with Crippen LogP contribution in [-0.2, 0) is 11.3 Å². The molecule has 0 aromatic heterocycles. The van der Waals surface area contributed by atoms with Gasteiger partial charge in [0.2, 0.25) is 5.91 Å². The fourth-order valence-corrected chi connectivity index (χ4v) is 3.22. The second-order valence-corrected chi connectivity index (χ2v) is 6.79. The van der Waals surface area contributed by atoms with E-state index in [1.165, 1.54) is 5.56 Å². The Bertz CT molecular complexity index is 771. The highest BCUT2D eigenvalue weighted by molar-refractivity contribution is 5.95. The maximum absolute atomic E-state index is 11.9. The molecule has 1 aliphatic rings. The number of anilines is 1. The molecule has 1 saturated heterocycles. The zero-order chi connectivity index (χ0) is 19.1. The standard InChI is InChI=1S/C22H28N4O/c1-3-23-22(25-17(2)19-8-5-4-6-9-19)24-16-18-11-13-20(14-12-18)26-15-7-10-21(26)27/h4-6,8-9,11-14,17H,3,7,10,15-16H2,1-2H3,(H2,23,24,25). The van der Waals surface area contributed by atoms with Crippen molar-refractivity contribution in [3.63, 3.8) is 0 Å². The zero-order valence-electron chi connectivity index (χ0n) is 16.1. The molecule has 0 aliphatic carbocycles. The SMILES string of the molecule is CCNC(=NCc1ccc(N2CCCC2=O)cc1)NC(C)c1ccccc1. The number of rotatable bonds is 6. The fraction of sp³-hybridized carbons (Fsp3) is 0.364. The minimum atomic E-state index is 0.174. The van der Waals surface area contributed by atoms with Gasteiger partial charge in [0.05, 0.1) is 12.6 Å². The number of benzene rings is 2. The van der Waals surface area contributed by atoms with E-state index in [9.17, 15) is 4.79 Å². The van der Waals surface area contributed by atoms with Gasteiger partial charge < -0.3 is 15.5 Å². The van der Waals surface area contributed by atoms with Crippen LogP contribution < -0.4 is 15.5 Å². The Kier molecular flexibility index (Phi) is 6.47. The van der Waals surface area contributed by atoms with Gasteiger partial charge in [-0.25, -0.2) is 4.99 Å². The lowest BCUT2D eigenvalue weighted by Gasteiger charge is -2.18. The predicted molar refractivity (Wildman–Crippen MR) is 111 cm³/mol. The van der Waals surface area contributed by atoms with Crippen LogP contribution in [0, 0.1) is 0 Å². The number of hydrogen-bond acceptors (Lipinski definition) is 2. The molecule has 1 heterocycles. The first-order chi connectivity index (χ1) is 13.2. The number of nitrogens with one attached hydrogen (secondary N) is 2. The molecule has 1 atom stereocenters. The molecule has 0 saturated carbocycles. The predicted octanol–water partition coefficient (Wildman–Crippen LogP) is 3.63. The van der Waals surface area contributed by atoms with Crippen molar-refractivity contribution in [2.75, 3.05) is 18.0 Å². The minimum Gasteiger partial charge on any atom is -0.357 e. The molecule has 2 aromatic carbocycles. The Morgan fingerprint density at radius 2 is 1.89 bits per heavy atom. The van der Waals surface area contributed by atoms with Gasteiger partial charge in [0, 0.05) is 25.2 Å². The maximum Gasteiger partial charge on any atom is 0.227 e. The van der Waals surface area contributed by atoms with Crippen LogP contribution in [0.2, 0.25) is 0 Å². The summed E-state index contributed by atoms with van der Waals surface area (Å²) in [7, 11) is 0. The van der Waals surface area contributed by atoms with Crippen LogP contribution in [-0.4, -0.2) is 25.0 Å². The van der Waals surface area contributed by atoms with E-state index in [0.717, 1.165) is 36.7 Å². The van der Waals surface area contributed by atoms with Gasteiger partial charge in [-0.15, -0.1) is 0 Å². The van der Waals surface area contributed by atoms with Gasteiger partial charge in [0.1, 0.15) is 0 Å². The number of guanidine groups is 1. The van der Waals surface area contributed by atoms with Crippen molar-refractivity contribution < 1.29 is 4.79 Å². The summed E-state index contributed by atoms with van der Waals surface area (Å²) in [6.07, 6.45) is 1.60. The average Bonchev–Trinajstić information content (AvgIpc) is 3.13. The van der Waals surface area contributed by atoms with Crippen LogP contribution in [0.4, 0.5) is 5.69 Å². The molecule has 1 fully saturated rings. The van der Waals surface area contributed by atoms with E-state index in [0.29, 0.717) is 13.0 Å². The van der Waals surface area contributed by atoms with E-state index < -0.39 is 0 Å². The summed E-state index contributed by atoms with van der Waals surface area (Å²) in [4.78, 5) is 18.4. The van der Waals surface area contributed by atoms with Crippen molar-refractivity contribution >= 4 is 17.6 Å². The van der Waals surface area contributed by atoms with Crippen molar-refractivity contribution in [3.05, 3.63) is 65.7 Å². The van der Waals surface area contributed by atoms with Crippen molar-refractivity contribution in [2.24, 2.45) is 4.99 Å². The van der Waals surface area contributed by atoms with Crippen molar-refractivity contribution in [3.8, 4) is 0 Å². The molecule has 1 unspecified atom stereocenters. The lowest BCUT2D eigenvalue weighted by molar-refractivity contribution is -0.117. The van der Waals surface area contributed by atoms with E-state index >= 15 is 0 Å². The molecular formula is C22H28N4O. The summed E-state index contributed by atoms with van der Waals surface area (Å²) < 4.78 is 0. The number of nitrogens with zero attached hydrogens (tertiary/aromatic N) is 2. The average molecular weight is 364 g/mol. The quantitative estimate of drug-likeness (QED) is 0.608. The summed E-state index contributed by atoms with van der Waals surface area (Å²) >= 11 is 0. The first-order valence-corrected chi connectivity index (χ1v) is 9.66. The van der Waals surface area contributed by atoms with Gasteiger partial charge in [-0.2, -0.15) is 0 Å². The normalized spacial score (nSPS) is 15.7. The molecular weight excluding hydrogens is 336 g/mol. The van der Waals surface area contributed by atoms with E-state index in [2.05, 4.69) is 48.7 Å². The number of carbonyl (C=O) groups is 1. The molecule has 1 aliphatic heterocycles. The Balaban J connectivity index is 1.63. The molecule has 0 radical (unpaired) electrons. The number of aliphatic imine (C=N–C) groups is 1. The van der Waals surface area contributed by atoms with Crippen LogP contribution in [0.3, 0.4) is 0 Å². The highest BCUT2D eigenvalue weighted by Gasteiger charge is 2.21. The number of carbonyl (C=O) groups excluding carboxylic acids is 1. The maximum atomic E-state index is 11.9. The summed E-state index contributed by atoms with van der Waals surface area (Å²) in [6, 6.07) is 18.6. The summed E-state index contributed by atoms with van der Waals surface area (Å²) in [5, 5.41) is 6.75. The van der Waals surface area contributed by atoms with Gasteiger partial charge in [-0.1, -0.05) is 42.5 Å². The topological polar surface area (TPSA) is 56.7 Å². The first-order valence-electron chi connectivity index (χ1n) is 9.66. The molecule has 0 bridgehead atoms. The molecule has 5 heteroatoms. The Morgan fingerprint density at radius 3 is 2.52 bits per heavy atom. The molecule has 1 amide bonds. The largest absolute Gasteiger partial charge is 0.357 e. The first kappa shape index (κ1) is 19.0. The second kappa shape index (κ2) is 9.21. The zero-order valence-corrected chi connectivity index (χ0v) is 16.1. The molecule has 5 nitrogen and oxygen atoms in total. The van der Waals surface area contributed by atoms with Gasteiger partial charge in [0.25, 0.3) is 0 Å². The van der Waals surface area contributed by atoms with Crippen LogP contribution in [0.25, 0.3) is 0 Å². The van der Waals surface area contributed by atoms with Gasteiger partial charge >= 0.3 is 0 Å². The van der Waals surface area contributed by atoms with E-state index in [1.807, 2.05) is 35.2 Å². The molecule has 2 aromatic rings. The smallest absolute Gasteiger partial charge is 0.227 e. The minimum absolute atomic E-state index is 0.174. The highest BCUT2D eigenvalue weighted by atomic mass is 16.2. The third-order valence-corrected chi connectivity index (χ3v) is 4.74. The van der Waals surface area contributed by atoms with Crippen LogP contribution >= 0.6 is 0 Å². The van der Waals surface area contributed by atoms with E-state index in [1.54, 1.807) is 0 Å². The van der Waals surface area contributed by atoms with Crippen LogP contribution in [0.1, 0.15) is 43.9 Å². The van der Waals surface area contributed by atoms with Gasteiger partial charge in [0.15, 0.2) is 5.96 Å². The lowest BCUT2D eigenvalue weighted by Crippen LogP contribution is -2.38. The fourth-order valence-electron chi connectivity index (χ4n) is 3.22. The summed E-state index contributed by atoms with van der Waals surface area (Å²) in [6.45, 7) is 6.41. The van der Waals surface area contributed by atoms with E-state index in [-0.39, 0.29) is 11.9 Å². The van der Waals surface area contributed by atoms with Crippen molar-refractivity contribution in [1.29, 1.82) is 0 Å². The van der Waals surface area contributed by atoms with Crippen molar-refractivity contribution in [2.45, 2.75) is 39.3 Å². The molecule has 27 heavy (non-hydrogen) atoms. The Hall–Kier alpha value is -2.82. The molecule has 3 rings (SSSR count). The Morgan fingerprint density at radius 1 is 1.15 bits per heavy atom. The van der Waals surface area contributed by atoms with Crippen LogP contribution in [0.5, 0.6) is 0 Å². The lowest BCUT2D eigenvalue weighted by atomic mass is 10.1. The number of amides is 1. The third-order valence-electron chi connectivity index (χ3n) is 4.74. The highest BCUT2D eigenvalue weighted by Crippen LogP contribution is 2.21. The number of hydrogen-bond donors (Lipinski definition) is 2. The van der Waals surface area contributed by atoms with Gasteiger partial charge in [-0.3, -0.25) is 4.79 Å². The molecule has 2 N–H and O–H groups in total. The molecule has 142 valence electrons. The third kappa shape index (κ3) is 5.09. The Labute approximate surface area is 161 Å².